The molecule has 0 aliphatic rings. The Morgan fingerprint density at radius 3 is 2.67 bits per heavy atom. The van der Waals surface area contributed by atoms with E-state index in [9.17, 15) is 14.9 Å². The van der Waals surface area contributed by atoms with E-state index < -0.39 is 10.8 Å². The highest BCUT2D eigenvalue weighted by atomic mass is 79.9. The zero-order valence-electron chi connectivity index (χ0n) is 17.2. The molecule has 2 aromatic heterocycles. The van der Waals surface area contributed by atoms with Crippen LogP contribution in [0.3, 0.4) is 0 Å². The number of non-ortho nitro benzene ring substituents is 1. The van der Waals surface area contributed by atoms with Crippen molar-refractivity contribution in [1.82, 2.24) is 19.6 Å². The van der Waals surface area contributed by atoms with Crippen LogP contribution in [-0.2, 0) is 6.67 Å². The molecule has 33 heavy (non-hydrogen) atoms. The summed E-state index contributed by atoms with van der Waals surface area (Å²) in [4.78, 5) is 23.5. The van der Waals surface area contributed by atoms with Crippen LogP contribution in [0.15, 0.2) is 71.6 Å². The Bertz CT molecular complexity index is 1320. The van der Waals surface area contributed by atoms with Gasteiger partial charge >= 0.3 is 0 Å². The number of rotatable bonds is 8. The highest BCUT2D eigenvalue weighted by Gasteiger charge is 2.16. The van der Waals surface area contributed by atoms with E-state index in [1.165, 1.54) is 36.1 Å². The molecule has 0 bridgehead atoms. The monoisotopic (exact) mass is 512 g/mol. The first-order valence-corrected chi connectivity index (χ1v) is 10.3. The molecule has 1 N–H and O–H groups in total. The average molecular weight is 513 g/mol. The van der Waals surface area contributed by atoms with Crippen molar-refractivity contribution in [2.24, 2.45) is 0 Å². The lowest BCUT2D eigenvalue weighted by molar-refractivity contribution is -0.384. The fraction of sp³-hybridized carbons (Fsp3) is 0.0952. The molecule has 4 aromatic rings. The lowest BCUT2D eigenvalue weighted by Crippen LogP contribution is -2.15. The molecule has 0 fully saturated rings. The van der Waals surface area contributed by atoms with Gasteiger partial charge in [-0.25, -0.2) is 4.68 Å². The Morgan fingerprint density at radius 1 is 1.18 bits per heavy atom. The predicted molar refractivity (Wildman–Crippen MR) is 122 cm³/mol. The van der Waals surface area contributed by atoms with E-state index in [1.807, 2.05) is 0 Å². The number of methoxy groups -OCH3 is 1. The van der Waals surface area contributed by atoms with Crippen molar-refractivity contribution in [1.29, 1.82) is 0 Å². The van der Waals surface area contributed by atoms with Crippen LogP contribution in [0.2, 0.25) is 0 Å². The lowest BCUT2D eigenvalue weighted by Gasteiger charge is -2.11. The lowest BCUT2D eigenvalue weighted by atomic mass is 10.2. The van der Waals surface area contributed by atoms with E-state index in [1.54, 1.807) is 47.5 Å². The zero-order valence-corrected chi connectivity index (χ0v) is 18.8. The van der Waals surface area contributed by atoms with Gasteiger partial charge in [0.1, 0.15) is 12.4 Å². The van der Waals surface area contributed by atoms with Gasteiger partial charge in [-0.1, -0.05) is 12.1 Å². The number of nitrogens with zero attached hydrogens (tertiary/aromatic N) is 5. The Hall–Kier alpha value is -4.19. The molecular weight excluding hydrogens is 496 g/mol. The summed E-state index contributed by atoms with van der Waals surface area (Å²) < 4.78 is 15.0. The van der Waals surface area contributed by atoms with E-state index in [4.69, 9.17) is 9.47 Å². The molecule has 168 valence electrons. The Morgan fingerprint density at radius 2 is 1.97 bits per heavy atom. The smallest absolute Gasteiger partial charge is 0.276 e. The number of para-hydroxylation sites is 2. The van der Waals surface area contributed by atoms with Crippen LogP contribution in [0.25, 0.3) is 0 Å². The second-order valence-corrected chi connectivity index (χ2v) is 7.68. The van der Waals surface area contributed by atoms with Crippen LogP contribution in [0.5, 0.6) is 17.2 Å². The van der Waals surface area contributed by atoms with Gasteiger partial charge < -0.3 is 14.8 Å². The van der Waals surface area contributed by atoms with Crippen molar-refractivity contribution in [2.75, 3.05) is 12.4 Å². The molecule has 11 nitrogen and oxygen atoms in total. The number of halogens is 1. The third-order valence-electron chi connectivity index (χ3n) is 4.42. The molecular formula is C21H17BrN6O5. The Balaban J connectivity index is 1.53. The van der Waals surface area contributed by atoms with E-state index >= 15 is 0 Å². The van der Waals surface area contributed by atoms with Gasteiger partial charge in [0.2, 0.25) is 0 Å². The van der Waals surface area contributed by atoms with Gasteiger partial charge in [0, 0.05) is 24.5 Å². The highest BCUT2D eigenvalue weighted by Crippen LogP contribution is 2.34. The second kappa shape index (κ2) is 9.53. The van der Waals surface area contributed by atoms with Gasteiger partial charge in [0.05, 0.1) is 34.5 Å². The van der Waals surface area contributed by atoms with E-state index in [0.29, 0.717) is 18.2 Å². The van der Waals surface area contributed by atoms with Crippen molar-refractivity contribution in [3.63, 3.8) is 0 Å². The van der Waals surface area contributed by atoms with Crippen LogP contribution < -0.4 is 14.8 Å². The quantitative estimate of drug-likeness (QED) is 0.275. The molecule has 0 unspecified atom stereocenters. The first kappa shape index (κ1) is 22.0. The summed E-state index contributed by atoms with van der Waals surface area (Å²) in [7, 11) is 1.49. The van der Waals surface area contributed by atoms with Gasteiger partial charge in [-0.05, 0) is 34.1 Å². The van der Waals surface area contributed by atoms with E-state index in [2.05, 4.69) is 31.4 Å². The first-order chi connectivity index (χ1) is 15.9. The number of ether oxygens (including phenoxy) is 2. The number of anilines is 1. The Kier molecular flexibility index (Phi) is 6.36. The summed E-state index contributed by atoms with van der Waals surface area (Å²) >= 11 is 3.32. The van der Waals surface area contributed by atoms with E-state index in [0.717, 1.165) is 4.47 Å². The van der Waals surface area contributed by atoms with Crippen LogP contribution in [0, 0.1) is 10.1 Å². The molecule has 12 heteroatoms. The Labute approximate surface area is 195 Å². The van der Waals surface area contributed by atoms with Crippen LogP contribution in [0.1, 0.15) is 10.5 Å². The van der Waals surface area contributed by atoms with Gasteiger partial charge in [-0.2, -0.15) is 10.2 Å². The minimum Gasteiger partial charge on any atom is -0.493 e. The number of hydrogen-bond donors (Lipinski definition) is 1. The minimum absolute atomic E-state index is 0.139. The maximum Gasteiger partial charge on any atom is 0.276 e. The van der Waals surface area contributed by atoms with Crippen molar-refractivity contribution in [3.05, 3.63) is 87.4 Å². The molecule has 0 aliphatic heterocycles. The summed E-state index contributed by atoms with van der Waals surface area (Å²) in [6.45, 7) is 0.312. The summed E-state index contributed by atoms with van der Waals surface area (Å²) in [5, 5.41) is 22.4. The van der Waals surface area contributed by atoms with Gasteiger partial charge in [-0.15, -0.1) is 0 Å². The van der Waals surface area contributed by atoms with Gasteiger partial charge in [-0.3, -0.25) is 19.6 Å². The average Bonchev–Trinajstić information content (AvgIpc) is 3.43. The molecule has 0 saturated carbocycles. The third-order valence-corrected chi connectivity index (χ3v) is 4.83. The molecule has 0 saturated heterocycles. The molecule has 0 aliphatic carbocycles. The van der Waals surface area contributed by atoms with Gasteiger partial charge in [0.15, 0.2) is 17.2 Å². The minimum atomic E-state index is -0.568. The SMILES string of the molecule is COc1ccccc1Oc1cc(NC(=O)c2ccn(Cn3cc(Br)cn3)n2)cc([N+](=O)[O-])c1. The van der Waals surface area contributed by atoms with Crippen molar-refractivity contribution in [3.8, 4) is 17.2 Å². The second-order valence-electron chi connectivity index (χ2n) is 6.76. The molecule has 1 amide bonds. The summed E-state index contributed by atoms with van der Waals surface area (Å²) in [5.41, 5.74) is 0.0806. The van der Waals surface area contributed by atoms with E-state index in [-0.39, 0.29) is 22.8 Å². The molecule has 2 heterocycles. The number of nitro groups is 1. The number of nitrogens with one attached hydrogen (secondary N) is 1. The molecule has 0 spiro atoms. The number of hydrogen-bond acceptors (Lipinski definition) is 7. The number of nitro benzene ring substituents is 1. The molecule has 2 aromatic carbocycles. The zero-order chi connectivity index (χ0) is 23.4. The van der Waals surface area contributed by atoms with Crippen molar-refractivity contribution in [2.45, 2.75) is 6.67 Å². The third kappa shape index (κ3) is 5.36. The maximum atomic E-state index is 12.7. The van der Waals surface area contributed by atoms with Crippen LogP contribution in [-0.4, -0.2) is 37.5 Å². The number of carbonyl (C=O) groups excluding carboxylic acids is 1. The van der Waals surface area contributed by atoms with Crippen molar-refractivity contribution < 1.29 is 19.2 Å². The normalized spacial score (nSPS) is 10.6. The van der Waals surface area contributed by atoms with Crippen molar-refractivity contribution >= 4 is 33.2 Å². The predicted octanol–water partition coefficient (Wildman–Crippen LogP) is 4.31. The number of carbonyl (C=O) groups is 1. The summed E-state index contributed by atoms with van der Waals surface area (Å²) in [6.07, 6.45) is 5.05. The largest absolute Gasteiger partial charge is 0.493 e. The molecule has 0 atom stereocenters. The fourth-order valence-electron chi connectivity index (χ4n) is 2.97. The summed E-state index contributed by atoms with van der Waals surface area (Å²) in [6, 6.07) is 12.4. The molecule has 0 radical (unpaired) electrons. The standard InChI is InChI=1S/C21H17BrN6O5/c1-32-19-4-2-3-5-20(19)33-17-9-15(8-16(10-17)28(30)31)24-21(29)18-6-7-26(25-18)13-27-12-14(22)11-23-27/h2-12H,13H2,1H3,(H,24,29). The number of aromatic nitrogens is 4. The maximum absolute atomic E-state index is 12.7. The number of benzene rings is 2. The van der Waals surface area contributed by atoms with Crippen LogP contribution in [0.4, 0.5) is 11.4 Å². The number of amides is 1. The van der Waals surface area contributed by atoms with Gasteiger partial charge in [0.25, 0.3) is 11.6 Å². The fourth-order valence-corrected chi connectivity index (χ4v) is 3.30. The summed E-state index contributed by atoms with van der Waals surface area (Å²) in [5.74, 6) is 0.476. The highest BCUT2D eigenvalue weighted by molar-refractivity contribution is 9.10. The van der Waals surface area contributed by atoms with Crippen LogP contribution >= 0.6 is 15.9 Å². The first-order valence-electron chi connectivity index (χ1n) is 9.54. The topological polar surface area (TPSA) is 126 Å². The molecule has 4 rings (SSSR count).